The highest BCUT2D eigenvalue weighted by Gasteiger charge is 2.30. The van der Waals surface area contributed by atoms with E-state index in [1.165, 1.54) is 6.07 Å². The van der Waals surface area contributed by atoms with Crippen LogP contribution in [0, 0.1) is 17.6 Å². The number of piperidine rings is 1. The molecule has 48 heavy (non-hydrogen) atoms. The molecule has 0 N–H and O–H groups in total. The van der Waals surface area contributed by atoms with Crippen molar-refractivity contribution in [3.63, 3.8) is 0 Å². The number of para-hydroxylation sites is 2. The number of ketones is 1. The molecule has 1 saturated heterocycles. The van der Waals surface area contributed by atoms with Crippen LogP contribution in [0.4, 0.5) is 8.78 Å². The number of likely N-dealkylation sites (N-methyl/N-ethyl adjacent to an activating group) is 1. The molecule has 250 valence electrons. The molecular weight excluding hydrogens is 614 g/mol. The summed E-state index contributed by atoms with van der Waals surface area (Å²) in [6, 6.07) is 24.4. The van der Waals surface area contributed by atoms with Crippen LogP contribution in [-0.4, -0.2) is 70.9 Å². The molecule has 3 aromatic carbocycles. The number of carbonyl (C=O) groups is 2. The SMILES string of the molecule is CN(CC(CCN1CCC(C(=O)c2nc3ccccc3n2CCOCc2ccco2)CC1)c1ccc(F)c(F)c1)C(=O)c1ccccc1. The molecular formula is C38H40F2N4O4. The summed E-state index contributed by atoms with van der Waals surface area (Å²) in [5, 5.41) is 0. The Balaban J connectivity index is 1.08. The highest BCUT2D eigenvalue weighted by molar-refractivity contribution is 5.98. The normalized spacial score (nSPS) is 14.7. The lowest BCUT2D eigenvalue weighted by atomic mass is 9.90. The fourth-order valence-electron chi connectivity index (χ4n) is 6.50. The van der Waals surface area contributed by atoms with Gasteiger partial charge in [-0.2, -0.15) is 0 Å². The molecule has 5 aromatic rings. The van der Waals surface area contributed by atoms with Gasteiger partial charge < -0.3 is 23.5 Å². The number of rotatable bonds is 14. The van der Waals surface area contributed by atoms with Crippen LogP contribution >= 0.6 is 0 Å². The maximum Gasteiger partial charge on any atom is 0.253 e. The second-order valence-corrected chi connectivity index (χ2v) is 12.4. The second-order valence-electron chi connectivity index (χ2n) is 12.4. The van der Waals surface area contributed by atoms with Gasteiger partial charge in [-0.3, -0.25) is 9.59 Å². The third-order valence-corrected chi connectivity index (χ3v) is 9.19. The predicted molar refractivity (Wildman–Crippen MR) is 179 cm³/mol. The first-order chi connectivity index (χ1) is 23.4. The van der Waals surface area contributed by atoms with Crippen molar-refractivity contribution in [3.05, 3.63) is 126 Å². The van der Waals surface area contributed by atoms with Gasteiger partial charge in [-0.05, 0) is 93.0 Å². The summed E-state index contributed by atoms with van der Waals surface area (Å²) in [4.78, 5) is 35.6. The number of ether oxygens (including phenoxy) is 1. The minimum Gasteiger partial charge on any atom is -0.467 e. The minimum absolute atomic E-state index is 0.0394. The van der Waals surface area contributed by atoms with E-state index in [-0.39, 0.29) is 23.5 Å². The van der Waals surface area contributed by atoms with Crippen molar-refractivity contribution in [2.75, 3.05) is 39.8 Å². The Morgan fingerprint density at radius 1 is 0.958 bits per heavy atom. The molecule has 0 saturated carbocycles. The van der Waals surface area contributed by atoms with Gasteiger partial charge >= 0.3 is 0 Å². The average molecular weight is 655 g/mol. The molecule has 0 radical (unpaired) electrons. The maximum absolute atomic E-state index is 14.3. The van der Waals surface area contributed by atoms with Crippen LogP contribution in [0.3, 0.4) is 0 Å². The van der Waals surface area contributed by atoms with E-state index in [1.807, 2.05) is 59.2 Å². The van der Waals surface area contributed by atoms with Crippen molar-refractivity contribution in [2.45, 2.75) is 38.3 Å². The Bertz CT molecular complexity index is 1820. The molecule has 1 amide bonds. The van der Waals surface area contributed by atoms with Gasteiger partial charge in [0.1, 0.15) is 12.4 Å². The summed E-state index contributed by atoms with van der Waals surface area (Å²) in [7, 11) is 1.73. The first kappa shape index (κ1) is 33.2. The molecule has 1 unspecified atom stereocenters. The lowest BCUT2D eigenvalue weighted by molar-refractivity contribution is 0.0778. The van der Waals surface area contributed by atoms with E-state index >= 15 is 0 Å². The zero-order valence-electron chi connectivity index (χ0n) is 27.1. The summed E-state index contributed by atoms with van der Waals surface area (Å²) < 4.78 is 41.2. The molecule has 10 heteroatoms. The Morgan fingerprint density at radius 3 is 2.48 bits per heavy atom. The molecule has 0 bridgehead atoms. The van der Waals surface area contributed by atoms with Crippen LogP contribution in [0.5, 0.6) is 0 Å². The van der Waals surface area contributed by atoms with Crippen molar-refractivity contribution in [1.29, 1.82) is 0 Å². The summed E-state index contributed by atoms with van der Waals surface area (Å²) in [6.45, 7) is 3.77. The van der Waals surface area contributed by atoms with Gasteiger partial charge in [0.05, 0.1) is 23.9 Å². The third-order valence-electron chi connectivity index (χ3n) is 9.19. The van der Waals surface area contributed by atoms with Gasteiger partial charge in [0.15, 0.2) is 17.5 Å². The van der Waals surface area contributed by atoms with E-state index in [0.29, 0.717) is 69.1 Å². The Kier molecular flexibility index (Phi) is 10.7. The van der Waals surface area contributed by atoms with Gasteiger partial charge in [0, 0.05) is 37.5 Å². The number of Topliss-reactive ketones (excluding diaryl/α,β-unsaturated/α-hetero) is 1. The van der Waals surface area contributed by atoms with Crippen LogP contribution in [0.25, 0.3) is 11.0 Å². The monoisotopic (exact) mass is 654 g/mol. The standard InChI is InChI=1S/C38H40F2N4O4/c1-42(38(46)28-8-3-2-4-9-28)25-30(29-13-14-32(39)33(40)24-29)17-20-43-18-15-27(16-19-43)36(45)37-41-34-11-5-6-12-35(34)44(37)21-23-47-26-31-10-7-22-48-31/h2-14,22,24,27,30H,15-21,23,25-26H2,1H3. The number of imidazole rings is 1. The third kappa shape index (κ3) is 7.89. The number of carbonyl (C=O) groups excluding carboxylic acids is 2. The van der Waals surface area contributed by atoms with Crippen LogP contribution in [-0.2, 0) is 17.9 Å². The molecule has 0 aliphatic carbocycles. The number of furan rings is 1. The van der Waals surface area contributed by atoms with E-state index in [1.54, 1.807) is 36.4 Å². The van der Waals surface area contributed by atoms with E-state index in [9.17, 15) is 18.4 Å². The molecule has 1 aliphatic heterocycles. The van der Waals surface area contributed by atoms with Gasteiger partial charge in [-0.1, -0.05) is 36.4 Å². The van der Waals surface area contributed by atoms with Gasteiger partial charge in [0.25, 0.3) is 5.91 Å². The van der Waals surface area contributed by atoms with Crippen LogP contribution in [0.2, 0.25) is 0 Å². The number of aromatic nitrogens is 2. The van der Waals surface area contributed by atoms with Crippen molar-refractivity contribution in [2.24, 2.45) is 5.92 Å². The number of halogens is 2. The molecule has 1 fully saturated rings. The highest BCUT2D eigenvalue weighted by Crippen LogP contribution is 2.28. The largest absolute Gasteiger partial charge is 0.467 e. The molecule has 3 heterocycles. The van der Waals surface area contributed by atoms with Crippen molar-refractivity contribution in [1.82, 2.24) is 19.4 Å². The minimum atomic E-state index is -0.899. The van der Waals surface area contributed by atoms with Crippen LogP contribution in [0.15, 0.2) is 95.6 Å². The summed E-state index contributed by atoms with van der Waals surface area (Å²) in [5.74, 6) is -1.03. The Morgan fingerprint density at radius 2 is 1.73 bits per heavy atom. The number of hydrogen-bond donors (Lipinski definition) is 0. The average Bonchev–Trinajstić information content (AvgIpc) is 3.78. The fraction of sp³-hybridized carbons (Fsp3) is 0.342. The number of benzene rings is 3. The van der Waals surface area contributed by atoms with Crippen molar-refractivity contribution in [3.8, 4) is 0 Å². The molecule has 0 spiro atoms. The predicted octanol–water partition coefficient (Wildman–Crippen LogP) is 6.97. The number of hydrogen-bond acceptors (Lipinski definition) is 6. The zero-order chi connectivity index (χ0) is 33.5. The van der Waals surface area contributed by atoms with E-state index in [2.05, 4.69) is 4.90 Å². The highest BCUT2D eigenvalue weighted by atomic mass is 19.2. The summed E-state index contributed by atoms with van der Waals surface area (Å²) in [6.07, 6.45) is 3.64. The lowest BCUT2D eigenvalue weighted by Crippen LogP contribution is -2.39. The van der Waals surface area contributed by atoms with Crippen molar-refractivity contribution < 1.29 is 27.5 Å². The Labute approximate surface area is 278 Å². The maximum atomic E-state index is 14.3. The second kappa shape index (κ2) is 15.5. The van der Waals surface area contributed by atoms with E-state index in [0.717, 1.165) is 35.9 Å². The molecule has 1 aliphatic rings. The smallest absolute Gasteiger partial charge is 0.253 e. The number of amides is 1. The zero-order valence-corrected chi connectivity index (χ0v) is 27.1. The number of nitrogens with zero attached hydrogens (tertiary/aromatic N) is 4. The molecule has 8 nitrogen and oxygen atoms in total. The molecule has 6 rings (SSSR count). The topological polar surface area (TPSA) is 80.8 Å². The van der Waals surface area contributed by atoms with Gasteiger partial charge in [0.2, 0.25) is 5.78 Å². The summed E-state index contributed by atoms with van der Waals surface area (Å²) in [5.41, 5.74) is 2.91. The van der Waals surface area contributed by atoms with Crippen molar-refractivity contribution >= 4 is 22.7 Å². The molecule has 2 aromatic heterocycles. The quantitative estimate of drug-likeness (QED) is 0.0951. The number of fused-ring (bicyclic) bond motifs is 1. The lowest BCUT2D eigenvalue weighted by Gasteiger charge is -2.33. The van der Waals surface area contributed by atoms with Gasteiger partial charge in [-0.15, -0.1) is 0 Å². The first-order valence-electron chi connectivity index (χ1n) is 16.4. The first-order valence-corrected chi connectivity index (χ1v) is 16.4. The fourth-order valence-corrected chi connectivity index (χ4v) is 6.50. The van der Waals surface area contributed by atoms with Crippen LogP contribution in [0.1, 0.15) is 57.5 Å². The Hall–Kier alpha value is -4.67. The van der Waals surface area contributed by atoms with E-state index < -0.39 is 11.6 Å². The van der Waals surface area contributed by atoms with Gasteiger partial charge in [-0.25, -0.2) is 13.8 Å². The van der Waals surface area contributed by atoms with E-state index in [4.69, 9.17) is 14.1 Å². The van der Waals surface area contributed by atoms with Crippen LogP contribution < -0.4 is 0 Å². The molecule has 1 atom stereocenters. The number of likely N-dealkylation sites (tertiary alicyclic amines) is 1. The summed E-state index contributed by atoms with van der Waals surface area (Å²) >= 11 is 0.